The fourth-order valence-corrected chi connectivity index (χ4v) is 2.83. The van der Waals surface area contributed by atoms with Gasteiger partial charge in [0.1, 0.15) is 0 Å². The molecule has 0 bridgehead atoms. The number of ether oxygens (including phenoxy) is 1. The zero-order chi connectivity index (χ0) is 20.7. The Kier molecular flexibility index (Phi) is 10.6. The summed E-state index contributed by atoms with van der Waals surface area (Å²) in [4.78, 5) is 6.04. The van der Waals surface area contributed by atoms with Crippen LogP contribution >= 0.6 is 24.0 Å². The van der Waals surface area contributed by atoms with Gasteiger partial charge in [0, 0.05) is 38.8 Å². The maximum absolute atomic E-state index is 13.8. The Morgan fingerprint density at radius 1 is 1.17 bits per heavy atom. The molecule has 0 saturated carbocycles. The molecule has 1 heterocycles. The number of nitrogens with one attached hydrogen (secondary N) is 2. The second kappa shape index (κ2) is 11.9. The smallest absolute Gasteiger partial charge is 0.191 e. The van der Waals surface area contributed by atoms with E-state index in [4.69, 9.17) is 4.74 Å². The van der Waals surface area contributed by atoms with Gasteiger partial charge < -0.3 is 20.5 Å². The van der Waals surface area contributed by atoms with Crippen molar-refractivity contribution in [2.75, 3.05) is 45.9 Å². The summed E-state index contributed by atoms with van der Waals surface area (Å²) in [6.07, 6.45) is 0. The van der Waals surface area contributed by atoms with Gasteiger partial charge in [-0.25, -0.2) is 22.6 Å². The first-order valence-corrected chi connectivity index (χ1v) is 9.10. The van der Waals surface area contributed by atoms with Gasteiger partial charge in [-0.2, -0.15) is 0 Å². The average Bonchev–Trinajstić information content (AvgIpc) is 2.65. The van der Waals surface area contributed by atoms with Crippen molar-refractivity contribution in [2.24, 2.45) is 4.99 Å². The van der Waals surface area contributed by atoms with E-state index in [-0.39, 0.29) is 42.5 Å². The molecule has 1 aromatic carbocycles. The molecule has 0 aliphatic carbocycles. The summed E-state index contributed by atoms with van der Waals surface area (Å²) < 4.78 is 59.4. The van der Waals surface area contributed by atoms with Crippen LogP contribution in [0.3, 0.4) is 0 Å². The van der Waals surface area contributed by atoms with E-state index in [2.05, 4.69) is 20.5 Å². The molecule has 0 aromatic heterocycles. The lowest BCUT2D eigenvalue weighted by Gasteiger charge is -2.34. The number of guanidine groups is 1. The maximum atomic E-state index is 13.8. The minimum absolute atomic E-state index is 0. The Morgan fingerprint density at radius 2 is 1.76 bits per heavy atom. The van der Waals surface area contributed by atoms with Crippen LogP contribution in [0.15, 0.2) is 11.1 Å². The Hall–Kier alpha value is -1.18. The summed E-state index contributed by atoms with van der Waals surface area (Å²) in [5.41, 5.74) is -1.90. The second-order valence-electron chi connectivity index (χ2n) is 6.88. The summed E-state index contributed by atoms with van der Waals surface area (Å²) in [6.45, 7) is 6.44. The number of aliphatic imine (C=N–C) groups is 1. The molecule has 11 heteroatoms. The highest BCUT2D eigenvalue weighted by Gasteiger charge is 2.25. The fraction of sp³-hybridized carbons (Fsp3) is 0.611. The topological polar surface area (TPSA) is 69.1 Å². The molecule has 3 N–H and O–H groups in total. The van der Waals surface area contributed by atoms with Crippen molar-refractivity contribution in [1.82, 2.24) is 15.5 Å². The van der Waals surface area contributed by atoms with Gasteiger partial charge >= 0.3 is 0 Å². The van der Waals surface area contributed by atoms with Crippen LogP contribution in [0.2, 0.25) is 0 Å². The molecule has 0 spiro atoms. The van der Waals surface area contributed by atoms with Crippen LogP contribution in [0, 0.1) is 23.3 Å². The number of hydrogen-bond acceptors (Lipinski definition) is 4. The minimum Gasteiger partial charge on any atom is -0.387 e. The minimum atomic E-state index is -1.48. The molecule has 1 saturated heterocycles. The van der Waals surface area contributed by atoms with Crippen molar-refractivity contribution < 1.29 is 27.4 Å². The molecule has 0 radical (unpaired) electrons. The van der Waals surface area contributed by atoms with E-state index in [9.17, 15) is 22.7 Å². The van der Waals surface area contributed by atoms with Crippen LogP contribution in [0.1, 0.15) is 19.4 Å². The molecule has 29 heavy (non-hydrogen) atoms. The van der Waals surface area contributed by atoms with Gasteiger partial charge in [-0.3, -0.25) is 4.90 Å². The Balaban J connectivity index is 0.00000420. The highest BCUT2D eigenvalue weighted by molar-refractivity contribution is 14.0. The summed E-state index contributed by atoms with van der Waals surface area (Å²) in [6, 6.07) is 0.157. The molecular formula is C18H27F4IN4O2. The first-order valence-electron chi connectivity index (χ1n) is 9.10. The molecule has 1 aromatic rings. The van der Waals surface area contributed by atoms with E-state index >= 15 is 0 Å². The van der Waals surface area contributed by atoms with Crippen LogP contribution < -0.4 is 10.6 Å². The number of β-amino-alcohol motifs (C(OH)–C–C–N with tert-alkyl or cyclic N) is 1. The van der Waals surface area contributed by atoms with Crippen LogP contribution in [0.5, 0.6) is 0 Å². The number of rotatable bonds is 7. The third-order valence-corrected chi connectivity index (χ3v) is 4.25. The second-order valence-corrected chi connectivity index (χ2v) is 6.88. The Morgan fingerprint density at radius 3 is 2.31 bits per heavy atom. The predicted molar refractivity (Wildman–Crippen MR) is 112 cm³/mol. The number of aliphatic hydroxyl groups is 1. The zero-order valence-corrected chi connectivity index (χ0v) is 18.7. The fourth-order valence-electron chi connectivity index (χ4n) is 2.83. The molecule has 166 valence electrons. The molecule has 1 unspecified atom stereocenters. The molecule has 1 aliphatic heterocycles. The summed E-state index contributed by atoms with van der Waals surface area (Å²) >= 11 is 0. The lowest BCUT2D eigenvalue weighted by molar-refractivity contribution is -0.0201. The normalized spacial score (nSPS) is 17.4. The van der Waals surface area contributed by atoms with Crippen molar-refractivity contribution in [3.63, 3.8) is 0 Å². The molecule has 0 amide bonds. The lowest BCUT2D eigenvalue weighted by atomic mass is 10.1. The summed E-state index contributed by atoms with van der Waals surface area (Å²) in [5, 5.41) is 16.3. The predicted octanol–water partition coefficient (Wildman–Crippen LogP) is 2.00. The average molecular weight is 534 g/mol. The molecule has 1 aliphatic rings. The van der Waals surface area contributed by atoms with E-state index in [1.54, 1.807) is 13.8 Å². The Labute approximate surface area is 184 Å². The van der Waals surface area contributed by atoms with Crippen molar-refractivity contribution in [3.05, 3.63) is 34.9 Å². The number of morpholine rings is 1. The van der Waals surface area contributed by atoms with Gasteiger partial charge in [0.25, 0.3) is 0 Å². The molecule has 2 rings (SSSR count). The standard InChI is InChI=1S/C18H26F4N4O2.HI/c1-3-23-17(24-9-12-15(21)13(19)8-14(20)16(12)22)25-10-18(2,27)11-26-4-6-28-7-5-26;/h8,27H,3-7,9-11H2,1-2H3,(H2,23,24,25);1H. The SMILES string of the molecule is CCNC(=NCc1c(F)c(F)cc(F)c1F)NCC(C)(O)CN1CCOCC1.I. The van der Waals surface area contributed by atoms with E-state index in [0.717, 1.165) is 0 Å². The first kappa shape index (κ1) is 25.9. The highest BCUT2D eigenvalue weighted by Crippen LogP contribution is 2.20. The monoisotopic (exact) mass is 534 g/mol. The third-order valence-electron chi connectivity index (χ3n) is 4.25. The van der Waals surface area contributed by atoms with Gasteiger partial charge in [-0.05, 0) is 13.8 Å². The molecule has 1 atom stereocenters. The van der Waals surface area contributed by atoms with Gasteiger partial charge in [-0.15, -0.1) is 24.0 Å². The van der Waals surface area contributed by atoms with Gasteiger partial charge in [-0.1, -0.05) is 0 Å². The number of hydrogen-bond donors (Lipinski definition) is 3. The van der Waals surface area contributed by atoms with Crippen LogP contribution in [-0.2, 0) is 11.3 Å². The number of nitrogens with zero attached hydrogens (tertiary/aromatic N) is 2. The van der Waals surface area contributed by atoms with Crippen molar-refractivity contribution in [1.29, 1.82) is 0 Å². The third kappa shape index (κ3) is 7.87. The number of halogens is 5. The van der Waals surface area contributed by atoms with Crippen LogP contribution in [0.4, 0.5) is 17.6 Å². The van der Waals surface area contributed by atoms with E-state index in [0.29, 0.717) is 39.4 Å². The van der Waals surface area contributed by atoms with Gasteiger partial charge in [0.15, 0.2) is 29.2 Å². The summed E-state index contributed by atoms with van der Waals surface area (Å²) in [5.74, 6) is -5.74. The zero-order valence-electron chi connectivity index (χ0n) is 16.4. The molecule has 6 nitrogen and oxygen atoms in total. The van der Waals surface area contributed by atoms with E-state index in [1.165, 1.54) is 0 Å². The first-order chi connectivity index (χ1) is 13.2. The van der Waals surface area contributed by atoms with Crippen molar-refractivity contribution >= 4 is 29.9 Å². The van der Waals surface area contributed by atoms with Crippen LogP contribution in [0.25, 0.3) is 0 Å². The molecular weight excluding hydrogens is 507 g/mol. The van der Waals surface area contributed by atoms with Gasteiger partial charge in [0.2, 0.25) is 0 Å². The Bertz CT molecular complexity index is 675. The van der Waals surface area contributed by atoms with E-state index < -0.39 is 41.0 Å². The highest BCUT2D eigenvalue weighted by atomic mass is 127. The van der Waals surface area contributed by atoms with E-state index in [1.807, 2.05) is 0 Å². The summed E-state index contributed by atoms with van der Waals surface area (Å²) in [7, 11) is 0. The number of benzene rings is 1. The lowest BCUT2D eigenvalue weighted by Crippen LogP contribution is -2.53. The largest absolute Gasteiger partial charge is 0.387 e. The van der Waals surface area contributed by atoms with Crippen molar-refractivity contribution in [3.8, 4) is 0 Å². The van der Waals surface area contributed by atoms with Crippen LogP contribution in [-0.4, -0.2) is 67.5 Å². The quantitative estimate of drug-likeness (QED) is 0.164. The molecule has 1 fully saturated rings. The van der Waals surface area contributed by atoms with Crippen molar-refractivity contribution in [2.45, 2.75) is 26.0 Å². The maximum Gasteiger partial charge on any atom is 0.191 e. The van der Waals surface area contributed by atoms with Gasteiger partial charge in [0.05, 0.1) is 30.9 Å².